The number of aryl methyl sites for hydroxylation is 2. The Morgan fingerprint density at radius 2 is 2.04 bits per heavy atom. The van der Waals surface area contributed by atoms with Gasteiger partial charge in [0.15, 0.2) is 11.4 Å². The minimum atomic E-state index is -0.350. The van der Waals surface area contributed by atoms with Crippen molar-refractivity contribution in [3.63, 3.8) is 0 Å². The number of nitrogens with two attached hydrogens (primary N) is 1. The summed E-state index contributed by atoms with van der Waals surface area (Å²) in [5.74, 6) is 0.433. The Labute approximate surface area is 154 Å². The Bertz CT molecular complexity index is 1080. The number of hydrogen-bond acceptors (Lipinski definition) is 7. The Balaban J connectivity index is 1.59. The van der Waals surface area contributed by atoms with E-state index in [2.05, 4.69) is 15.1 Å². The van der Waals surface area contributed by atoms with Gasteiger partial charge in [0.05, 0.1) is 30.5 Å². The number of esters is 1. The number of rotatable bonds is 5. The molecule has 0 saturated heterocycles. The van der Waals surface area contributed by atoms with Gasteiger partial charge in [-0.1, -0.05) is 12.1 Å². The zero-order valence-electron chi connectivity index (χ0n) is 14.6. The van der Waals surface area contributed by atoms with Crippen molar-refractivity contribution < 1.29 is 13.9 Å². The standard InChI is InChI=1S/C19H17N5O3/c1-26-18(25)13-6-4-12(5-7-13)8-9-24-17-14(11-21-24)16(22-19(20)23-17)15-3-2-10-27-15/h2-7,10-11H,8-9H2,1H3,(H2,20,22,23). The molecule has 8 heteroatoms. The van der Waals surface area contributed by atoms with Gasteiger partial charge in [0.2, 0.25) is 5.95 Å². The molecule has 4 rings (SSSR count). The van der Waals surface area contributed by atoms with Crippen LogP contribution < -0.4 is 5.73 Å². The average molecular weight is 363 g/mol. The minimum Gasteiger partial charge on any atom is -0.465 e. The van der Waals surface area contributed by atoms with E-state index in [4.69, 9.17) is 14.9 Å². The maximum atomic E-state index is 11.5. The molecule has 0 aliphatic carbocycles. The van der Waals surface area contributed by atoms with E-state index in [1.165, 1.54) is 7.11 Å². The van der Waals surface area contributed by atoms with Crippen molar-refractivity contribution in [1.82, 2.24) is 19.7 Å². The quantitative estimate of drug-likeness (QED) is 0.543. The molecule has 0 radical (unpaired) electrons. The van der Waals surface area contributed by atoms with Crippen LogP contribution in [0.2, 0.25) is 0 Å². The van der Waals surface area contributed by atoms with Crippen LogP contribution in [0, 0.1) is 0 Å². The van der Waals surface area contributed by atoms with Crippen molar-refractivity contribution in [3.05, 3.63) is 60.0 Å². The van der Waals surface area contributed by atoms with Gasteiger partial charge in [-0.05, 0) is 36.2 Å². The number of nitrogen functional groups attached to an aromatic ring is 1. The first-order valence-electron chi connectivity index (χ1n) is 8.36. The van der Waals surface area contributed by atoms with Gasteiger partial charge in [0, 0.05) is 6.54 Å². The van der Waals surface area contributed by atoms with Gasteiger partial charge in [-0.2, -0.15) is 10.1 Å². The monoisotopic (exact) mass is 363 g/mol. The van der Waals surface area contributed by atoms with Crippen LogP contribution in [0.5, 0.6) is 0 Å². The normalized spacial score (nSPS) is 11.0. The van der Waals surface area contributed by atoms with Crippen LogP contribution >= 0.6 is 0 Å². The van der Waals surface area contributed by atoms with Crippen LogP contribution in [0.25, 0.3) is 22.5 Å². The van der Waals surface area contributed by atoms with Crippen molar-refractivity contribution in [1.29, 1.82) is 0 Å². The summed E-state index contributed by atoms with van der Waals surface area (Å²) in [5, 5.41) is 5.20. The largest absolute Gasteiger partial charge is 0.465 e. The highest BCUT2D eigenvalue weighted by Crippen LogP contribution is 2.27. The molecule has 3 aromatic heterocycles. The molecule has 0 bridgehead atoms. The predicted octanol–water partition coefficient (Wildman–Crippen LogP) is 2.70. The molecule has 2 N–H and O–H groups in total. The minimum absolute atomic E-state index is 0.165. The smallest absolute Gasteiger partial charge is 0.337 e. The third-order valence-corrected chi connectivity index (χ3v) is 4.26. The Morgan fingerprint density at radius 1 is 1.22 bits per heavy atom. The summed E-state index contributed by atoms with van der Waals surface area (Å²) < 4.78 is 11.9. The summed E-state index contributed by atoms with van der Waals surface area (Å²) in [6.07, 6.45) is 4.02. The van der Waals surface area contributed by atoms with E-state index in [0.29, 0.717) is 29.2 Å². The number of carbonyl (C=O) groups is 1. The molecule has 27 heavy (non-hydrogen) atoms. The number of fused-ring (bicyclic) bond motifs is 1. The van der Waals surface area contributed by atoms with Gasteiger partial charge in [-0.15, -0.1) is 0 Å². The third-order valence-electron chi connectivity index (χ3n) is 4.26. The second-order valence-corrected chi connectivity index (χ2v) is 5.95. The molecular weight excluding hydrogens is 346 g/mol. The summed E-state index contributed by atoms with van der Waals surface area (Å²) in [7, 11) is 1.36. The number of nitrogens with zero attached hydrogens (tertiary/aromatic N) is 4. The number of hydrogen-bond donors (Lipinski definition) is 1. The first kappa shape index (κ1) is 16.8. The number of ether oxygens (including phenoxy) is 1. The van der Waals surface area contributed by atoms with Gasteiger partial charge >= 0.3 is 5.97 Å². The van der Waals surface area contributed by atoms with Crippen LogP contribution in [-0.2, 0) is 17.7 Å². The topological polar surface area (TPSA) is 109 Å². The molecule has 136 valence electrons. The van der Waals surface area contributed by atoms with Gasteiger partial charge in [-0.25, -0.2) is 14.5 Å². The van der Waals surface area contributed by atoms with Gasteiger partial charge in [-0.3, -0.25) is 0 Å². The summed E-state index contributed by atoms with van der Waals surface area (Å²) in [4.78, 5) is 20.1. The van der Waals surface area contributed by atoms with E-state index < -0.39 is 0 Å². The fourth-order valence-electron chi connectivity index (χ4n) is 2.90. The van der Waals surface area contributed by atoms with Crippen LogP contribution in [-0.4, -0.2) is 32.8 Å². The fraction of sp³-hybridized carbons (Fsp3) is 0.158. The van der Waals surface area contributed by atoms with E-state index >= 15 is 0 Å². The zero-order valence-corrected chi connectivity index (χ0v) is 14.6. The molecule has 8 nitrogen and oxygen atoms in total. The third kappa shape index (κ3) is 3.24. The predicted molar refractivity (Wildman–Crippen MR) is 98.9 cm³/mol. The van der Waals surface area contributed by atoms with E-state index in [1.54, 1.807) is 35.3 Å². The zero-order chi connectivity index (χ0) is 18.8. The van der Waals surface area contributed by atoms with E-state index in [1.807, 2.05) is 18.2 Å². The fourth-order valence-corrected chi connectivity index (χ4v) is 2.90. The number of furan rings is 1. The van der Waals surface area contributed by atoms with Gasteiger partial charge in [0.1, 0.15) is 5.69 Å². The lowest BCUT2D eigenvalue weighted by atomic mass is 10.1. The molecule has 3 heterocycles. The van der Waals surface area contributed by atoms with Crippen molar-refractivity contribution in [2.45, 2.75) is 13.0 Å². The number of aromatic nitrogens is 4. The number of anilines is 1. The average Bonchev–Trinajstić information content (AvgIpc) is 3.36. The van der Waals surface area contributed by atoms with Crippen molar-refractivity contribution >= 4 is 23.0 Å². The van der Waals surface area contributed by atoms with Crippen molar-refractivity contribution in [2.24, 2.45) is 0 Å². The summed E-state index contributed by atoms with van der Waals surface area (Å²) in [5.41, 5.74) is 8.74. The maximum Gasteiger partial charge on any atom is 0.337 e. The van der Waals surface area contributed by atoms with Crippen LogP contribution in [0.4, 0.5) is 5.95 Å². The lowest BCUT2D eigenvalue weighted by Gasteiger charge is -2.06. The van der Waals surface area contributed by atoms with Crippen molar-refractivity contribution in [3.8, 4) is 11.5 Å². The molecule has 4 aromatic rings. The SMILES string of the molecule is COC(=O)c1ccc(CCn2ncc3c(-c4ccco4)nc(N)nc32)cc1. The molecule has 0 aliphatic rings. The summed E-state index contributed by atoms with van der Waals surface area (Å²) in [6, 6.07) is 10.9. The highest BCUT2D eigenvalue weighted by Gasteiger charge is 2.15. The molecule has 0 amide bonds. The Morgan fingerprint density at radius 3 is 2.74 bits per heavy atom. The Hall–Kier alpha value is -3.68. The molecule has 0 saturated carbocycles. The molecule has 0 spiro atoms. The van der Waals surface area contributed by atoms with Crippen LogP contribution in [0.1, 0.15) is 15.9 Å². The second kappa shape index (κ2) is 6.91. The Kier molecular flexibility index (Phi) is 4.29. The first-order valence-corrected chi connectivity index (χ1v) is 8.36. The summed E-state index contributed by atoms with van der Waals surface area (Å²) in [6.45, 7) is 0.606. The van der Waals surface area contributed by atoms with Crippen LogP contribution in [0.15, 0.2) is 53.3 Å². The highest BCUT2D eigenvalue weighted by molar-refractivity contribution is 5.90. The van der Waals surface area contributed by atoms with Gasteiger partial charge in [0.25, 0.3) is 0 Å². The molecule has 0 fully saturated rings. The summed E-state index contributed by atoms with van der Waals surface area (Å²) >= 11 is 0. The van der Waals surface area contributed by atoms with Crippen molar-refractivity contribution in [2.75, 3.05) is 12.8 Å². The lowest BCUT2D eigenvalue weighted by molar-refractivity contribution is 0.0600. The van der Waals surface area contributed by atoms with Gasteiger partial charge < -0.3 is 14.9 Å². The number of methoxy groups -OCH3 is 1. The first-order chi connectivity index (χ1) is 13.2. The number of benzene rings is 1. The molecule has 0 aliphatic heterocycles. The maximum absolute atomic E-state index is 11.5. The molecule has 0 atom stereocenters. The van der Waals surface area contributed by atoms with E-state index in [-0.39, 0.29) is 11.9 Å². The number of carbonyl (C=O) groups excluding carboxylic acids is 1. The highest BCUT2D eigenvalue weighted by atomic mass is 16.5. The molecular formula is C19H17N5O3. The lowest BCUT2D eigenvalue weighted by Crippen LogP contribution is -2.06. The van der Waals surface area contributed by atoms with E-state index in [9.17, 15) is 4.79 Å². The molecule has 1 aromatic carbocycles. The van der Waals surface area contributed by atoms with Crippen LogP contribution in [0.3, 0.4) is 0 Å². The second-order valence-electron chi connectivity index (χ2n) is 5.95. The van der Waals surface area contributed by atoms with E-state index in [0.717, 1.165) is 17.4 Å². The molecule has 0 unspecified atom stereocenters.